The lowest BCUT2D eigenvalue weighted by Crippen LogP contribution is -2.47. The number of rotatable bonds is 8. The van der Waals surface area contributed by atoms with Crippen molar-refractivity contribution in [3.05, 3.63) is 52.5 Å². The number of nitrogens with one attached hydrogen (secondary N) is 1. The van der Waals surface area contributed by atoms with Gasteiger partial charge in [-0.05, 0) is 44.7 Å². The van der Waals surface area contributed by atoms with Crippen LogP contribution in [0.4, 0.5) is 11.4 Å². The summed E-state index contributed by atoms with van der Waals surface area (Å²) in [6.07, 6.45) is 3.02. The highest BCUT2D eigenvalue weighted by Crippen LogP contribution is 2.30. The molecule has 0 amide bonds. The van der Waals surface area contributed by atoms with Crippen molar-refractivity contribution in [3.8, 4) is 0 Å². The number of hydrogen-bond donors (Lipinski definition) is 1. The first-order chi connectivity index (χ1) is 13.8. The van der Waals surface area contributed by atoms with E-state index in [2.05, 4.69) is 5.32 Å². The molecule has 0 saturated carbocycles. The minimum atomic E-state index is -3.76. The molecule has 1 aliphatic rings. The molecule has 1 aromatic heterocycles. The molecule has 2 aromatic rings. The van der Waals surface area contributed by atoms with Crippen LogP contribution in [0.5, 0.6) is 0 Å². The van der Waals surface area contributed by atoms with Crippen molar-refractivity contribution in [1.29, 1.82) is 0 Å². The largest absolute Gasteiger partial charge is 0.469 e. The molecule has 0 spiro atoms. The summed E-state index contributed by atoms with van der Waals surface area (Å²) >= 11 is 0. The fourth-order valence-electron chi connectivity index (χ4n) is 3.27. The lowest BCUT2D eigenvalue weighted by atomic mass is 10.1. The average molecular weight is 423 g/mol. The fourth-order valence-corrected chi connectivity index (χ4v) is 4.72. The first-order valence-corrected chi connectivity index (χ1v) is 11.0. The van der Waals surface area contributed by atoms with Crippen LogP contribution in [-0.2, 0) is 16.4 Å². The number of benzene rings is 1. The molecule has 0 bridgehead atoms. The highest BCUT2D eigenvalue weighted by Gasteiger charge is 2.29. The van der Waals surface area contributed by atoms with Crippen LogP contribution in [0.3, 0.4) is 0 Å². The summed E-state index contributed by atoms with van der Waals surface area (Å²) in [6.45, 7) is 3.93. The molecule has 3 rings (SSSR count). The maximum atomic E-state index is 12.9. The van der Waals surface area contributed by atoms with Gasteiger partial charge in [-0.1, -0.05) is 0 Å². The summed E-state index contributed by atoms with van der Waals surface area (Å²) < 4.78 is 32.5. The van der Waals surface area contributed by atoms with Crippen LogP contribution in [0, 0.1) is 10.1 Å². The first-order valence-electron chi connectivity index (χ1n) is 9.53. The third kappa shape index (κ3) is 5.14. The van der Waals surface area contributed by atoms with Gasteiger partial charge in [-0.15, -0.1) is 0 Å². The number of anilines is 1. The average Bonchev–Trinajstić information content (AvgIpc) is 3.20. The summed E-state index contributed by atoms with van der Waals surface area (Å²) in [7, 11) is -1.83. The highest BCUT2D eigenvalue weighted by molar-refractivity contribution is 7.89. The molecular formula is C19H26N4O5S. The number of piperazine rings is 1. The Morgan fingerprint density at radius 2 is 1.97 bits per heavy atom. The Morgan fingerprint density at radius 1 is 1.24 bits per heavy atom. The van der Waals surface area contributed by atoms with Crippen molar-refractivity contribution in [3.63, 3.8) is 0 Å². The predicted molar refractivity (Wildman–Crippen MR) is 109 cm³/mol. The molecule has 1 aliphatic heterocycles. The van der Waals surface area contributed by atoms with Crippen LogP contribution in [0.2, 0.25) is 0 Å². The molecule has 9 nitrogen and oxygen atoms in total. The number of hydrogen-bond acceptors (Lipinski definition) is 7. The lowest BCUT2D eigenvalue weighted by molar-refractivity contribution is -0.384. The molecule has 1 saturated heterocycles. The van der Waals surface area contributed by atoms with Crippen LogP contribution in [-0.4, -0.2) is 61.8 Å². The topological polar surface area (TPSA) is 109 Å². The number of nitro groups is 1. The second kappa shape index (κ2) is 8.93. The van der Waals surface area contributed by atoms with Gasteiger partial charge in [-0.25, -0.2) is 8.42 Å². The summed E-state index contributed by atoms with van der Waals surface area (Å²) in [5.41, 5.74) is 0.0596. The minimum Gasteiger partial charge on any atom is -0.469 e. The van der Waals surface area contributed by atoms with Gasteiger partial charge in [-0.3, -0.25) is 10.1 Å². The molecule has 0 unspecified atom stereocenters. The van der Waals surface area contributed by atoms with Crippen LogP contribution in [0.25, 0.3) is 0 Å². The molecule has 1 N–H and O–H groups in total. The molecule has 2 heterocycles. The zero-order chi connectivity index (χ0) is 21.0. The smallest absolute Gasteiger partial charge is 0.293 e. The highest BCUT2D eigenvalue weighted by atomic mass is 32.2. The third-order valence-corrected chi connectivity index (χ3v) is 6.97. The zero-order valence-corrected chi connectivity index (χ0v) is 17.4. The Hall–Kier alpha value is -2.43. The van der Waals surface area contributed by atoms with Crippen molar-refractivity contribution in [2.24, 2.45) is 0 Å². The van der Waals surface area contributed by atoms with E-state index in [-0.39, 0.29) is 16.6 Å². The molecule has 0 aliphatic carbocycles. The number of aryl methyl sites for hydroxylation is 1. The van der Waals surface area contributed by atoms with E-state index >= 15 is 0 Å². The van der Waals surface area contributed by atoms with Crippen LogP contribution in [0.1, 0.15) is 19.1 Å². The number of nitrogens with zero attached hydrogens (tertiary/aromatic N) is 3. The maximum Gasteiger partial charge on any atom is 0.293 e. The second-order valence-electron chi connectivity index (χ2n) is 7.31. The van der Waals surface area contributed by atoms with Crippen LogP contribution >= 0.6 is 0 Å². The van der Waals surface area contributed by atoms with Gasteiger partial charge in [0.2, 0.25) is 10.0 Å². The van der Waals surface area contributed by atoms with Crippen LogP contribution in [0.15, 0.2) is 45.9 Å². The third-order valence-electron chi connectivity index (χ3n) is 5.07. The van der Waals surface area contributed by atoms with E-state index in [0.717, 1.165) is 11.8 Å². The van der Waals surface area contributed by atoms with Crippen molar-refractivity contribution in [2.45, 2.75) is 30.7 Å². The molecule has 158 valence electrons. The predicted octanol–water partition coefficient (Wildman–Crippen LogP) is 2.56. The summed E-state index contributed by atoms with van der Waals surface area (Å²) in [5, 5.41) is 14.7. The summed E-state index contributed by atoms with van der Waals surface area (Å²) in [6, 6.07) is 7.70. The Morgan fingerprint density at radius 3 is 2.59 bits per heavy atom. The van der Waals surface area contributed by atoms with E-state index in [0.29, 0.717) is 44.7 Å². The maximum absolute atomic E-state index is 12.9. The van der Waals surface area contributed by atoms with E-state index < -0.39 is 14.9 Å². The molecule has 29 heavy (non-hydrogen) atoms. The molecule has 0 radical (unpaired) electrons. The number of sulfonamides is 1. The van der Waals surface area contributed by atoms with Gasteiger partial charge in [0.05, 0.1) is 16.1 Å². The second-order valence-corrected chi connectivity index (χ2v) is 9.24. The summed E-state index contributed by atoms with van der Waals surface area (Å²) in [5.74, 6) is 0.849. The first kappa shape index (κ1) is 21.3. The van der Waals surface area contributed by atoms with Gasteiger partial charge >= 0.3 is 0 Å². The van der Waals surface area contributed by atoms with E-state index in [1.165, 1.54) is 16.4 Å². The van der Waals surface area contributed by atoms with E-state index in [1.54, 1.807) is 6.26 Å². The normalized spacial score (nSPS) is 17.2. The van der Waals surface area contributed by atoms with Gasteiger partial charge in [0, 0.05) is 44.7 Å². The summed E-state index contributed by atoms with van der Waals surface area (Å²) in [4.78, 5) is 13.0. The fraction of sp³-hybridized carbons (Fsp3) is 0.474. The van der Waals surface area contributed by atoms with Crippen molar-refractivity contribution < 1.29 is 17.8 Å². The van der Waals surface area contributed by atoms with E-state index in [1.807, 2.05) is 31.0 Å². The van der Waals surface area contributed by atoms with Gasteiger partial charge in [0.25, 0.3) is 5.69 Å². The SMILES string of the molecule is C[C@H](CCc1ccco1)Nc1ccc(S(=O)(=O)N2CCN(C)CC2)cc1[N+](=O)[O-]. The zero-order valence-electron chi connectivity index (χ0n) is 16.6. The van der Waals surface area contributed by atoms with Gasteiger partial charge in [0.1, 0.15) is 11.4 Å². The standard InChI is InChI=1S/C19H26N4O5S/c1-15(5-6-16-4-3-13-28-16)20-18-8-7-17(14-19(18)23(24)25)29(26,27)22-11-9-21(2)10-12-22/h3-4,7-8,13-15,20H,5-6,9-12H2,1-2H3/t15-/m1/s1. The molecule has 1 aromatic carbocycles. The van der Waals surface area contributed by atoms with Crippen LogP contribution < -0.4 is 5.32 Å². The Labute approximate surface area is 170 Å². The molecule has 1 atom stereocenters. The van der Waals surface area contributed by atoms with Crippen molar-refractivity contribution >= 4 is 21.4 Å². The van der Waals surface area contributed by atoms with Crippen molar-refractivity contribution in [2.75, 3.05) is 38.5 Å². The lowest BCUT2D eigenvalue weighted by Gasteiger charge is -2.31. The monoisotopic (exact) mass is 422 g/mol. The van der Waals surface area contributed by atoms with Gasteiger partial charge < -0.3 is 14.6 Å². The molecule has 1 fully saturated rings. The Balaban J connectivity index is 1.75. The minimum absolute atomic E-state index is 0.0532. The Bertz CT molecular complexity index is 938. The number of furan rings is 1. The number of likely N-dealkylation sites (N-methyl/N-ethyl adjacent to an activating group) is 1. The molecule has 10 heteroatoms. The quantitative estimate of drug-likeness (QED) is 0.514. The van der Waals surface area contributed by atoms with E-state index in [9.17, 15) is 18.5 Å². The van der Waals surface area contributed by atoms with Gasteiger partial charge in [-0.2, -0.15) is 4.31 Å². The van der Waals surface area contributed by atoms with Crippen molar-refractivity contribution in [1.82, 2.24) is 9.21 Å². The molecular weight excluding hydrogens is 396 g/mol. The number of nitro benzene ring substituents is 1. The van der Waals surface area contributed by atoms with E-state index in [4.69, 9.17) is 4.42 Å². The van der Waals surface area contributed by atoms with Gasteiger partial charge in [0.15, 0.2) is 0 Å². The Kier molecular flexibility index (Phi) is 6.56.